The summed E-state index contributed by atoms with van der Waals surface area (Å²) in [5, 5.41) is 0. The van der Waals surface area contributed by atoms with E-state index in [0.29, 0.717) is 5.56 Å². The molecule has 0 atom stereocenters. The van der Waals surface area contributed by atoms with Gasteiger partial charge in [-0.25, -0.2) is 8.42 Å². The molecule has 9 heteroatoms. The average Bonchev–Trinajstić information content (AvgIpc) is 2.97. The largest absolute Gasteiger partial charge is 0.468 e. The second kappa shape index (κ2) is 8.71. The van der Waals surface area contributed by atoms with Crippen molar-refractivity contribution in [2.24, 2.45) is 4.99 Å². The number of fused-ring (bicyclic) bond motifs is 1. The van der Waals surface area contributed by atoms with E-state index in [1.165, 1.54) is 18.4 Å². The maximum Gasteiger partial charge on any atom is 0.325 e. The molecule has 0 aliphatic rings. The Kier molecular flexibility index (Phi) is 6.29. The summed E-state index contributed by atoms with van der Waals surface area (Å²) >= 11 is 1.22. The fraction of sp³-hybridized carbons (Fsp3) is 0.250. The van der Waals surface area contributed by atoms with Crippen molar-refractivity contribution in [1.29, 1.82) is 0 Å². The first-order valence-corrected chi connectivity index (χ1v) is 11.4. The smallest absolute Gasteiger partial charge is 0.325 e. The minimum atomic E-state index is -3.67. The van der Waals surface area contributed by atoms with E-state index < -0.39 is 27.5 Å². The van der Waals surface area contributed by atoms with Gasteiger partial charge < -0.3 is 9.30 Å². The van der Waals surface area contributed by atoms with Crippen molar-refractivity contribution in [3.63, 3.8) is 0 Å². The van der Waals surface area contributed by atoms with Gasteiger partial charge in [-0.05, 0) is 30.2 Å². The highest BCUT2D eigenvalue weighted by atomic mass is 32.2. The maximum absolute atomic E-state index is 12.4. The maximum atomic E-state index is 12.4. The van der Waals surface area contributed by atoms with E-state index in [2.05, 4.69) is 4.99 Å². The standard InChI is InChI=1S/C20H20N2O5S2/c1-14-8-9-16-17(10-14)28-20(22(16)11-19(24)27-2)21-18(23)13-29(25,26)12-15-6-4-3-5-7-15/h3-10H,11-13H2,1-2H3. The van der Waals surface area contributed by atoms with E-state index in [-0.39, 0.29) is 17.1 Å². The number of sulfone groups is 1. The van der Waals surface area contributed by atoms with E-state index in [4.69, 9.17) is 4.74 Å². The van der Waals surface area contributed by atoms with Crippen LogP contribution in [0.15, 0.2) is 53.5 Å². The minimum Gasteiger partial charge on any atom is -0.468 e. The highest BCUT2D eigenvalue weighted by Gasteiger charge is 2.18. The molecule has 2 aromatic carbocycles. The number of nitrogens with zero attached hydrogens (tertiary/aromatic N) is 2. The number of aryl methyl sites for hydroxylation is 1. The van der Waals surface area contributed by atoms with Gasteiger partial charge in [0.1, 0.15) is 12.3 Å². The lowest BCUT2D eigenvalue weighted by Gasteiger charge is -2.04. The monoisotopic (exact) mass is 432 g/mol. The van der Waals surface area contributed by atoms with Crippen LogP contribution in [0.25, 0.3) is 10.2 Å². The van der Waals surface area contributed by atoms with Crippen LogP contribution in [-0.4, -0.2) is 37.7 Å². The van der Waals surface area contributed by atoms with Gasteiger partial charge in [0.25, 0.3) is 5.91 Å². The first kappa shape index (κ1) is 20.9. The summed E-state index contributed by atoms with van der Waals surface area (Å²) in [6.45, 7) is 1.81. The average molecular weight is 433 g/mol. The summed E-state index contributed by atoms with van der Waals surface area (Å²) in [7, 11) is -2.39. The number of rotatable bonds is 6. The summed E-state index contributed by atoms with van der Waals surface area (Å²) in [6, 6.07) is 14.3. The van der Waals surface area contributed by atoms with Crippen LogP contribution in [0.3, 0.4) is 0 Å². The fourth-order valence-corrected chi connectivity index (χ4v) is 5.21. The number of esters is 1. The molecule has 0 aliphatic carbocycles. The Balaban J connectivity index is 1.93. The molecule has 0 saturated carbocycles. The van der Waals surface area contributed by atoms with Crippen LogP contribution in [0.2, 0.25) is 0 Å². The molecular weight excluding hydrogens is 412 g/mol. The molecule has 0 spiro atoms. The molecule has 0 bridgehead atoms. The quantitative estimate of drug-likeness (QED) is 0.557. The Morgan fingerprint density at radius 1 is 1.14 bits per heavy atom. The first-order valence-electron chi connectivity index (χ1n) is 8.76. The molecule has 29 heavy (non-hydrogen) atoms. The summed E-state index contributed by atoms with van der Waals surface area (Å²) in [5.74, 6) is -2.20. The zero-order chi connectivity index (χ0) is 21.0. The van der Waals surface area contributed by atoms with Crippen molar-refractivity contribution < 1.29 is 22.7 Å². The van der Waals surface area contributed by atoms with Gasteiger partial charge in [0.15, 0.2) is 14.6 Å². The van der Waals surface area contributed by atoms with Crippen molar-refractivity contribution in [3.05, 3.63) is 64.5 Å². The van der Waals surface area contributed by atoms with E-state index in [1.54, 1.807) is 34.9 Å². The Morgan fingerprint density at radius 2 is 1.86 bits per heavy atom. The van der Waals surface area contributed by atoms with Gasteiger partial charge in [-0.3, -0.25) is 9.59 Å². The van der Waals surface area contributed by atoms with E-state index in [9.17, 15) is 18.0 Å². The van der Waals surface area contributed by atoms with Gasteiger partial charge in [-0.2, -0.15) is 4.99 Å². The van der Waals surface area contributed by atoms with Gasteiger partial charge in [-0.1, -0.05) is 47.7 Å². The second-order valence-electron chi connectivity index (χ2n) is 6.54. The molecule has 7 nitrogen and oxygen atoms in total. The topological polar surface area (TPSA) is 94.8 Å². The van der Waals surface area contributed by atoms with E-state index in [1.807, 2.05) is 25.1 Å². The highest BCUT2D eigenvalue weighted by molar-refractivity contribution is 7.91. The molecule has 0 unspecified atom stereocenters. The van der Waals surface area contributed by atoms with Gasteiger partial charge in [0, 0.05) is 0 Å². The minimum absolute atomic E-state index is 0.123. The second-order valence-corrected chi connectivity index (χ2v) is 9.62. The van der Waals surface area contributed by atoms with Gasteiger partial charge in [0.05, 0.1) is 23.1 Å². The lowest BCUT2D eigenvalue weighted by Crippen LogP contribution is -2.24. The van der Waals surface area contributed by atoms with Gasteiger partial charge in [0.2, 0.25) is 0 Å². The molecular formula is C20H20N2O5S2. The number of carbonyl (C=O) groups is 2. The lowest BCUT2D eigenvalue weighted by molar-refractivity contribution is -0.141. The lowest BCUT2D eigenvalue weighted by atomic mass is 10.2. The predicted molar refractivity (Wildman–Crippen MR) is 111 cm³/mol. The Hall–Kier alpha value is -2.78. The summed E-state index contributed by atoms with van der Waals surface area (Å²) < 4.78 is 31.9. The van der Waals surface area contributed by atoms with E-state index in [0.717, 1.165) is 15.8 Å². The van der Waals surface area contributed by atoms with Gasteiger partial charge >= 0.3 is 5.97 Å². The zero-order valence-corrected chi connectivity index (χ0v) is 17.6. The number of methoxy groups -OCH3 is 1. The zero-order valence-electron chi connectivity index (χ0n) is 16.0. The van der Waals surface area contributed by atoms with Crippen LogP contribution >= 0.6 is 11.3 Å². The molecule has 0 radical (unpaired) electrons. The van der Waals surface area contributed by atoms with Crippen LogP contribution < -0.4 is 4.80 Å². The van der Waals surface area contributed by atoms with Crippen molar-refractivity contribution in [2.45, 2.75) is 19.2 Å². The van der Waals surface area contributed by atoms with Gasteiger partial charge in [-0.15, -0.1) is 0 Å². The number of benzene rings is 2. The molecule has 1 amide bonds. The summed E-state index contributed by atoms with van der Waals surface area (Å²) in [5.41, 5.74) is 2.36. The number of aromatic nitrogens is 1. The normalized spacial score (nSPS) is 12.3. The molecule has 3 aromatic rings. The molecule has 0 N–H and O–H groups in total. The van der Waals surface area contributed by atoms with Crippen molar-refractivity contribution in [1.82, 2.24) is 4.57 Å². The fourth-order valence-electron chi connectivity index (χ4n) is 2.82. The third-order valence-electron chi connectivity index (χ3n) is 4.15. The molecule has 1 heterocycles. The van der Waals surface area contributed by atoms with Crippen LogP contribution in [-0.2, 0) is 36.5 Å². The molecule has 0 saturated heterocycles. The Labute approximate surface area is 172 Å². The molecule has 0 fully saturated rings. The van der Waals surface area contributed by atoms with Crippen molar-refractivity contribution >= 4 is 43.3 Å². The van der Waals surface area contributed by atoms with Crippen LogP contribution in [0.1, 0.15) is 11.1 Å². The first-order chi connectivity index (χ1) is 13.8. The SMILES string of the molecule is COC(=O)Cn1c(=NC(=O)CS(=O)(=O)Cc2ccccc2)sc2cc(C)ccc21. The summed E-state index contributed by atoms with van der Waals surface area (Å²) in [4.78, 5) is 28.5. The van der Waals surface area contributed by atoms with Crippen LogP contribution in [0.5, 0.6) is 0 Å². The number of carbonyl (C=O) groups excluding carboxylic acids is 2. The highest BCUT2D eigenvalue weighted by Crippen LogP contribution is 2.19. The van der Waals surface area contributed by atoms with Crippen molar-refractivity contribution in [3.8, 4) is 0 Å². The number of hydrogen-bond acceptors (Lipinski definition) is 6. The molecule has 3 rings (SSSR count). The predicted octanol–water partition coefficient (Wildman–Crippen LogP) is 2.23. The summed E-state index contributed by atoms with van der Waals surface area (Å²) in [6.07, 6.45) is 0. The Morgan fingerprint density at radius 3 is 2.55 bits per heavy atom. The molecule has 0 aliphatic heterocycles. The third kappa shape index (κ3) is 5.39. The number of hydrogen-bond donors (Lipinski definition) is 0. The Bertz CT molecular complexity index is 1220. The number of amides is 1. The van der Waals surface area contributed by atoms with Crippen LogP contribution in [0, 0.1) is 6.92 Å². The molecule has 152 valence electrons. The molecule has 1 aromatic heterocycles. The third-order valence-corrected chi connectivity index (χ3v) is 6.65. The van der Waals surface area contributed by atoms with Crippen molar-refractivity contribution in [2.75, 3.05) is 12.9 Å². The number of ether oxygens (including phenoxy) is 1. The van der Waals surface area contributed by atoms with E-state index >= 15 is 0 Å². The number of thiazole rings is 1. The van der Waals surface area contributed by atoms with Crippen LogP contribution in [0.4, 0.5) is 0 Å².